The van der Waals surface area contributed by atoms with E-state index in [-0.39, 0.29) is 6.04 Å². The molecule has 1 aromatic heterocycles. The van der Waals surface area contributed by atoms with Crippen molar-refractivity contribution in [2.75, 3.05) is 21.3 Å². The minimum atomic E-state index is -0.0449. The molecule has 0 aliphatic rings. The Balaban J connectivity index is 2.58. The maximum absolute atomic E-state index is 5.88. The fraction of sp³-hybridized carbons (Fsp3) is 0.357. The highest BCUT2D eigenvalue weighted by Gasteiger charge is 2.19. The van der Waals surface area contributed by atoms with Gasteiger partial charge in [0, 0.05) is 29.2 Å². The van der Waals surface area contributed by atoms with Crippen molar-refractivity contribution in [3.8, 4) is 27.8 Å². The summed E-state index contributed by atoms with van der Waals surface area (Å²) in [7, 11) is 4.82. The van der Waals surface area contributed by atoms with E-state index in [2.05, 4.69) is 4.98 Å². The number of rotatable bonds is 5. The lowest BCUT2D eigenvalue weighted by Gasteiger charge is -2.13. The van der Waals surface area contributed by atoms with Crippen molar-refractivity contribution in [2.45, 2.75) is 13.0 Å². The first-order valence-corrected chi connectivity index (χ1v) is 6.94. The van der Waals surface area contributed by atoms with Crippen LogP contribution in [0, 0.1) is 0 Å². The van der Waals surface area contributed by atoms with Crippen LogP contribution in [-0.4, -0.2) is 26.3 Å². The normalized spacial score (nSPS) is 12.1. The summed E-state index contributed by atoms with van der Waals surface area (Å²) >= 11 is 1.53. The number of hydrogen-bond acceptors (Lipinski definition) is 6. The number of nitrogens with zero attached hydrogens (tertiary/aromatic N) is 1. The molecule has 0 fully saturated rings. The van der Waals surface area contributed by atoms with E-state index in [1.807, 2.05) is 19.1 Å². The van der Waals surface area contributed by atoms with Crippen LogP contribution >= 0.6 is 11.3 Å². The number of nitrogens with two attached hydrogens (primary N) is 1. The Bertz CT molecular complexity index is 571. The van der Waals surface area contributed by atoms with Gasteiger partial charge in [0.05, 0.1) is 26.9 Å². The highest BCUT2D eigenvalue weighted by atomic mass is 32.1. The van der Waals surface area contributed by atoms with Crippen LogP contribution in [0.2, 0.25) is 0 Å². The predicted molar refractivity (Wildman–Crippen MR) is 79.8 cm³/mol. The summed E-state index contributed by atoms with van der Waals surface area (Å²) in [6.45, 7) is 1.93. The quantitative estimate of drug-likeness (QED) is 0.918. The van der Waals surface area contributed by atoms with Gasteiger partial charge in [0.1, 0.15) is 22.3 Å². The molecule has 0 spiro atoms. The van der Waals surface area contributed by atoms with Gasteiger partial charge in [-0.05, 0) is 6.92 Å². The lowest BCUT2D eigenvalue weighted by Crippen LogP contribution is -2.01. The fourth-order valence-electron chi connectivity index (χ4n) is 1.83. The Labute approximate surface area is 122 Å². The van der Waals surface area contributed by atoms with Crippen LogP contribution in [0.4, 0.5) is 0 Å². The van der Waals surface area contributed by atoms with Gasteiger partial charge in [-0.25, -0.2) is 4.98 Å². The maximum atomic E-state index is 5.88. The van der Waals surface area contributed by atoms with Crippen LogP contribution in [0.15, 0.2) is 18.3 Å². The molecule has 0 aliphatic heterocycles. The molecule has 1 atom stereocenters. The average molecular weight is 294 g/mol. The Kier molecular flexibility index (Phi) is 4.46. The van der Waals surface area contributed by atoms with Crippen LogP contribution in [0.25, 0.3) is 10.6 Å². The van der Waals surface area contributed by atoms with E-state index < -0.39 is 0 Å². The van der Waals surface area contributed by atoms with Gasteiger partial charge < -0.3 is 19.9 Å². The van der Waals surface area contributed by atoms with E-state index in [0.29, 0.717) is 17.2 Å². The minimum Gasteiger partial charge on any atom is -0.496 e. The summed E-state index contributed by atoms with van der Waals surface area (Å²) in [5.41, 5.74) is 6.69. The van der Waals surface area contributed by atoms with Crippen molar-refractivity contribution in [1.82, 2.24) is 4.98 Å². The average Bonchev–Trinajstić information content (AvgIpc) is 2.95. The lowest BCUT2D eigenvalue weighted by atomic mass is 10.1. The largest absolute Gasteiger partial charge is 0.496 e. The van der Waals surface area contributed by atoms with E-state index in [0.717, 1.165) is 15.4 Å². The van der Waals surface area contributed by atoms with E-state index in [1.165, 1.54) is 11.3 Å². The summed E-state index contributed by atoms with van der Waals surface area (Å²) in [5.74, 6) is 1.99. The summed E-state index contributed by atoms with van der Waals surface area (Å²) in [5, 5.41) is 0.814. The third-order valence-electron chi connectivity index (χ3n) is 2.90. The number of aromatic nitrogens is 1. The van der Waals surface area contributed by atoms with Gasteiger partial charge in [-0.3, -0.25) is 0 Å². The number of hydrogen-bond donors (Lipinski definition) is 1. The van der Waals surface area contributed by atoms with E-state index in [1.54, 1.807) is 27.5 Å². The Morgan fingerprint density at radius 3 is 2.10 bits per heavy atom. The van der Waals surface area contributed by atoms with Crippen molar-refractivity contribution in [2.24, 2.45) is 5.73 Å². The molecule has 2 N–H and O–H groups in total. The molecule has 20 heavy (non-hydrogen) atoms. The molecule has 0 amide bonds. The van der Waals surface area contributed by atoms with Crippen LogP contribution in [0.3, 0.4) is 0 Å². The Morgan fingerprint density at radius 2 is 1.70 bits per heavy atom. The summed E-state index contributed by atoms with van der Waals surface area (Å²) in [6.07, 6.45) is 1.79. The standard InChI is InChI=1S/C14H18N2O3S/c1-8(15)12-7-16-14(20-12)13-10(18-3)5-9(17-2)6-11(13)19-4/h5-8H,15H2,1-4H3. The van der Waals surface area contributed by atoms with Gasteiger partial charge in [-0.1, -0.05) is 0 Å². The zero-order chi connectivity index (χ0) is 14.7. The molecule has 1 aromatic carbocycles. The predicted octanol–water partition coefficient (Wildman–Crippen LogP) is 2.86. The van der Waals surface area contributed by atoms with Crippen molar-refractivity contribution < 1.29 is 14.2 Å². The minimum absolute atomic E-state index is 0.0449. The Morgan fingerprint density at radius 1 is 1.10 bits per heavy atom. The first-order chi connectivity index (χ1) is 9.60. The molecule has 6 heteroatoms. The lowest BCUT2D eigenvalue weighted by molar-refractivity contribution is 0.377. The fourth-order valence-corrected chi connectivity index (χ4v) is 2.75. The molecule has 108 valence electrons. The maximum Gasteiger partial charge on any atom is 0.136 e. The SMILES string of the molecule is COc1cc(OC)c(-c2ncc(C(C)N)s2)c(OC)c1. The van der Waals surface area contributed by atoms with Crippen molar-refractivity contribution in [3.63, 3.8) is 0 Å². The van der Waals surface area contributed by atoms with Crippen molar-refractivity contribution >= 4 is 11.3 Å². The van der Waals surface area contributed by atoms with E-state index in [9.17, 15) is 0 Å². The smallest absolute Gasteiger partial charge is 0.136 e. The molecular formula is C14H18N2O3S. The molecule has 0 saturated heterocycles. The number of methoxy groups -OCH3 is 3. The van der Waals surface area contributed by atoms with E-state index in [4.69, 9.17) is 19.9 Å². The van der Waals surface area contributed by atoms with Crippen molar-refractivity contribution in [3.05, 3.63) is 23.2 Å². The number of benzene rings is 1. The van der Waals surface area contributed by atoms with Gasteiger partial charge in [0.25, 0.3) is 0 Å². The zero-order valence-electron chi connectivity index (χ0n) is 12.0. The molecule has 2 aromatic rings. The van der Waals surface area contributed by atoms with Crippen LogP contribution in [0.1, 0.15) is 17.8 Å². The molecule has 0 aliphatic carbocycles. The molecule has 2 rings (SSSR count). The monoisotopic (exact) mass is 294 g/mol. The molecule has 0 bridgehead atoms. The van der Waals surface area contributed by atoms with E-state index >= 15 is 0 Å². The second-order valence-electron chi connectivity index (χ2n) is 4.26. The topological polar surface area (TPSA) is 66.6 Å². The first kappa shape index (κ1) is 14.6. The first-order valence-electron chi connectivity index (χ1n) is 6.12. The third kappa shape index (κ3) is 2.71. The zero-order valence-corrected chi connectivity index (χ0v) is 12.8. The Hall–Kier alpha value is -1.79. The molecule has 1 heterocycles. The summed E-state index contributed by atoms with van der Waals surface area (Å²) < 4.78 is 16.1. The second-order valence-corrected chi connectivity index (χ2v) is 5.33. The van der Waals surface area contributed by atoms with Crippen molar-refractivity contribution in [1.29, 1.82) is 0 Å². The second kappa shape index (κ2) is 6.11. The molecule has 0 radical (unpaired) electrons. The number of thiazole rings is 1. The molecule has 1 unspecified atom stereocenters. The number of ether oxygens (including phenoxy) is 3. The van der Waals surface area contributed by atoms with Crippen LogP contribution in [0.5, 0.6) is 17.2 Å². The van der Waals surface area contributed by atoms with Gasteiger partial charge >= 0.3 is 0 Å². The molecule has 0 saturated carbocycles. The van der Waals surface area contributed by atoms with Crippen LogP contribution < -0.4 is 19.9 Å². The van der Waals surface area contributed by atoms with Crippen LogP contribution in [-0.2, 0) is 0 Å². The van der Waals surface area contributed by atoms with Gasteiger partial charge in [0.15, 0.2) is 0 Å². The highest BCUT2D eigenvalue weighted by molar-refractivity contribution is 7.15. The molecular weight excluding hydrogens is 276 g/mol. The van der Waals surface area contributed by atoms with Gasteiger partial charge in [0.2, 0.25) is 0 Å². The third-order valence-corrected chi connectivity index (χ3v) is 4.12. The summed E-state index contributed by atoms with van der Waals surface area (Å²) in [6, 6.07) is 3.58. The summed E-state index contributed by atoms with van der Waals surface area (Å²) in [4.78, 5) is 5.43. The van der Waals surface area contributed by atoms with Gasteiger partial charge in [-0.2, -0.15) is 0 Å². The molecule has 5 nitrogen and oxygen atoms in total. The van der Waals surface area contributed by atoms with Gasteiger partial charge in [-0.15, -0.1) is 11.3 Å². The highest BCUT2D eigenvalue weighted by Crippen LogP contribution is 2.43.